The van der Waals surface area contributed by atoms with Gasteiger partial charge >= 0.3 is 0 Å². The van der Waals surface area contributed by atoms with E-state index in [4.69, 9.17) is 0 Å². The number of nitrogens with one attached hydrogen (secondary N) is 1. The smallest absolute Gasteiger partial charge is 0.243 e. The second-order valence-electron chi connectivity index (χ2n) is 6.19. The first-order valence-corrected chi connectivity index (χ1v) is 9.82. The predicted octanol–water partition coefficient (Wildman–Crippen LogP) is 1.91. The molecule has 1 heterocycles. The van der Waals surface area contributed by atoms with E-state index in [1.165, 1.54) is 46.8 Å². The van der Waals surface area contributed by atoms with Gasteiger partial charge in [-0.3, -0.25) is 9.69 Å². The molecule has 1 N–H and O–H groups in total. The molecule has 0 saturated carbocycles. The summed E-state index contributed by atoms with van der Waals surface area (Å²) in [5, 5.41) is 2.67. The zero-order valence-corrected chi connectivity index (χ0v) is 15.3. The van der Waals surface area contributed by atoms with Gasteiger partial charge in [-0.15, -0.1) is 0 Å². The van der Waals surface area contributed by atoms with Gasteiger partial charge in [0.1, 0.15) is 11.6 Å². The van der Waals surface area contributed by atoms with Crippen molar-refractivity contribution in [2.75, 3.05) is 38.0 Å². The molecule has 1 amide bonds. The molecule has 2 aromatic rings. The SMILES string of the molecule is O=C(CN1CCN(S(=O)(=O)c2cccc(F)c2)CC1)Nc1ccc(F)cc1. The van der Waals surface area contributed by atoms with Gasteiger partial charge in [0.2, 0.25) is 15.9 Å². The first kappa shape index (κ1) is 19.4. The van der Waals surface area contributed by atoms with Crippen molar-refractivity contribution in [1.82, 2.24) is 9.21 Å². The summed E-state index contributed by atoms with van der Waals surface area (Å²) in [6.07, 6.45) is 0. The van der Waals surface area contributed by atoms with Crippen LogP contribution in [-0.4, -0.2) is 56.3 Å². The fourth-order valence-corrected chi connectivity index (χ4v) is 4.30. The molecule has 1 saturated heterocycles. The van der Waals surface area contributed by atoms with Gasteiger partial charge in [-0.1, -0.05) is 6.07 Å². The first-order valence-electron chi connectivity index (χ1n) is 8.38. The van der Waals surface area contributed by atoms with Crippen LogP contribution in [0.1, 0.15) is 0 Å². The van der Waals surface area contributed by atoms with Crippen molar-refractivity contribution in [3.05, 3.63) is 60.2 Å². The maximum Gasteiger partial charge on any atom is 0.243 e. The van der Waals surface area contributed by atoms with Crippen molar-refractivity contribution in [3.63, 3.8) is 0 Å². The number of halogens is 2. The van der Waals surface area contributed by atoms with Crippen LogP contribution >= 0.6 is 0 Å². The Bertz CT molecular complexity index is 912. The van der Waals surface area contributed by atoms with Crippen LogP contribution in [-0.2, 0) is 14.8 Å². The molecule has 0 radical (unpaired) electrons. The Morgan fingerprint density at radius 3 is 2.26 bits per heavy atom. The van der Waals surface area contributed by atoms with Gasteiger partial charge in [-0.05, 0) is 42.5 Å². The molecular weight excluding hydrogens is 376 g/mol. The molecule has 3 rings (SSSR count). The van der Waals surface area contributed by atoms with E-state index < -0.39 is 15.8 Å². The number of hydrogen-bond acceptors (Lipinski definition) is 4. The third kappa shape index (κ3) is 4.88. The van der Waals surface area contributed by atoms with Gasteiger partial charge < -0.3 is 5.32 Å². The van der Waals surface area contributed by atoms with E-state index in [2.05, 4.69) is 5.32 Å². The van der Waals surface area contributed by atoms with Crippen LogP contribution in [0.5, 0.6) is 0 Å². The van der Waals surface area contributed by atoms with Gasteiger partial charge in [0, 0.05) is 31.9 Å². The number of hydrogen-bond donors (Lipinski definition) is 1. The number of amides is 1. The molecule has 27 heavy (non-hydrogen) atoms. The number of sulfonamides is 1. The molecular formula is C18H19F2N3O3S. The van der Waals surface area contributed by atoms with Crippen LogP contribution < -0.4 is 5.32 Å². The number of carbonyl (C=O) groups is 1. The molecule has 0 spiro atoms. The normalized spacial score (nSPS) is 16.2. The van der Waals surface area contributed by atoms with Crippen molar-refractivity contribution in [2.24, 2.45) is 0 Å². The van der Waals surface area contributed by atoms with Gasteiger partial charge in [-0.25, -0.2) is 17.2 Å². The lowest BCUT2D eigenvalue weighted by Gasteiger charge is -2.33. The summed E-state index contributed by atoms with van der Waals surface area (Å²) in [6.45, 7) is 1.29. The van der Waals surface area contributed by atoms with E-state index in [0.717, 1.165) is 6.07 Å². The maximum atomic E-state index is 13.3. The van der Waals surface area contributed by atoms with E-state index in [0.29, 0.717) is 18.8 Å². The van der Waals surface area contributed by atoms with Crippen molar-refractivity contribution in [2.45, 2.75) is 4.90 Å². The second kappa shape index (κ2) is 8.12. The Balaban J connectivity index is 1.54. The Kier molecular flexibility index (Phi) is 5.83. The van der Waals surface area contributed by atoms with Crippen molar-refractivity contribution >= 4 is 21.6 Å². The summed E-state index contributed by atoms with van der Waals surface area (Å²) in [7, 11) is -3.76. The Labute approximate surface area is 156 Å². The van der Waals surface area contributed by atoms with Gasteiger partial charge in [0.15, 0.2) is 0 Å². The number of benzene rings is 2. The van der Waals surface area contributed by atoms with Crippen LogP contribution in [0.2, 0.25) is 0 Å². The minimum absolute atomic E-state index is 0.0787. The third-order valence-corrected chi connectivity index (χ3v) is 6.15. The van der Waals surface area contributed by atoms with Gasteiger partial charge in [0.05, 0.1) is 11.4 Å². The highest BCUT2D eigenvalue weighted by Gasteiger charge is 2.29. The van der Waals surface area contributed by atoms with Crippen LogP contribution in [0.4, 0.5) is 14.5 Å². The van der Waals surface area contributed by atoms with E-state index in [9.17, 15) is 22.0 Å². The number of anilines is 1. The summed E-state index contributed by atoms with van der Waals surface area (Å²) < 4.78 is 52.6. The predicted molar refractivity (Wildman–Crippen MR) is 96.6 cm³/mol. The number of piperazine rings is 1. The Morgan fingerprint density at radius 1 is 0.963 bits per heavy atom. The Hall–Kier alpha value is -2.36. The van der Waals surface area contributed by atoms with E-state index in [1.54, 1.807) is 0 Å². The summed E-state index contributed by atoms with van der Waals surface area (Å²) in [4.78, 5) is 13.8. The quantitative estimate of drug-likeness (QED) is 0.840. The third-order valence-electron chi connectivity index (χ3n) is 4.26. The monoisotopic (exact) mass is 395 g/mol. The molecule has 144 valence electrons. The first-order chi connectivity index (χ1) is 12.8. The molecule has 0 aliphatic carbocycles. The molecule has 1 fully saturated rings. The molecule has 2 aromatic carbocycles. The van der Waals surface area contributed by atoms with Crippen molar-refractivity contribution in [3.8, 4) is 0 Å². The number of rotatable bonds is 5. The topological polar surface area (TPSA) is 69.7 Å². The highest BCUT2D eigenvalue weighted by atomic mass is 32.2. The highest BCUT2D eigenvalue weighted by molar-refractivity contribution is 7.89. The minimum atomic E-state index is -3.76. The average molecular weight is 395 g/mol. The van der Waals surface area contributed by atoms with Crippen LogP contribution in [0, 0.1) is 11.6 Å². The fraction of sp³-hybridized carbons (Fsp3) is 0.278. The van der Waals surface area contributed by atoms with Crippen LogP contribution in [0.15, 0.2) is 53.4 Å². The van der Waals surface area contributed by atoms with E-state index in [-0.39, 0.29) is 36.3 Å². The fourth-order valence-electron chi connectivity index (χ4n) is 2.84. The lowest BCUT2D eigenvalue weighted by Crippen LogP contribution is -2.50. The molecule has 0 atom stereocenters. The zero-order chi connectivity index (χ0) is 19.4. The maximum absolute atomic E-state index is 13.3. The van der Waals surface area contributed by atoms with Crippen molar-refractivity contribution < 1.29 is 22.0 Å². The summed E-state index contributed by atoms with van der Waals surface area (Å²) in [6, 6.07) is 10.4. The minimum Gasteiger partial charge on any atom is -0.325 e. The number of nitrogens with zero attached hydrogens (tertiary/aromatic N) is 2. The summed E-state index contributed by atoms with van der Waals surface area (Å²) in [5.41, 5.74) is 0.494. The summed E-state index contributed by atoms with van der Waals surface area (Å²) in [5.74, 6) is -1.25. The van der Waals surface area contributed by atoms with Gasteiger partial charge in [-0.2, -0.15) is 4.31 Å². The largest absolute Gasteiger partial charge is 0.325 e. The van der Waals surface area contributed by atoms with E-state index >= 15 is 0 Å². The van der Waals surface area contributed by atoms with Gasteiger partial charge in [0.25, 0.3) is 0 Å². The molecule has 0 aromatic heterocycles. The lowest BCUT2D eigenvalue weighted by molar-refractivity contribution is -0.117. The molecule has 1 aliphatic rings. The number of carbonyl (C=O) groups excluding carboxylic acids is 1. The molecule has 0 unspecified atom stereocenters. The Morgan fingerprint density at radius 2 is 1.63 bits per heavy atom. The van der Waals surface area contributed by atoms with Crippen molar-refractivity contribution in [1.29, 1.82) is 0 Å². The summed E-state index contributed by atoms with van der Waals surface area (Å²) >= 11 is 0. The molecule has 6 nitrogen and oxygen atoms in total. The van der Waals surface area contributed by atoms with Crippen LogP contribution in [0.25, 0.3) is 0 Å². The standard InChI is InChI=1S/C18H19F2N3O3S/c19-14-4-6-16(7-5-14)21-18(24)13-22-8-10-23(11-9-22)27(25,26)17-3-1-2-15(20)12-17/h1-7,12H,8-11,13H2,(H,21,24). The molecule has 0 bridgehead atoms. The van der Waals surface area contributed by atoms with E-state index in [1.807, 2.05) is 4.90 Å². The lowest BCUT2D eigenvalue weighted by atomic mass is 10.3. The molecule has 9 heteroatoms. The highest BCUT2D eigenvalue weighted by Crippen LogP contribution is 2.18. The second-order valence-corrected chi connectivity index (χ2v) is 8.13. The average Bonchev–Trinajstić information content (AvgIpc) is 2.64. The van der Waals surface area contributed by atoms with Crippen LogP contribution in [0.3, 0.4) is 0 Å². The zero-order valence-electron chi connectivity index (χ0n) is 14.4. The molecule has 1 aliphatic heterocycles.